The van der Waals surface area contributed by atoms with Crippen molar-refractivity contribution in [3.05, 3.63) is 29.8 Å². The summed E-state index contributed by atoms with van der Waals surface area (Å²) in [7, 11) is 1.58. The molecule has 0 aliphatic rings. The number of ether oxygens (including phenoxy) is 1. The van der Waals surface area contributed by atoms with Gasteiger partial charge in [0.05, 0.1) is 19.8 Å². The molecule has 0 amide bonds. The number of nitrogens with one attached hydrogen (secondary N) is 1. The summed E-state index contributed by atoms with van der Waals surface area (Å²) in [6, 6.07) is 7.02. The fourth-order valence-electron chi connectivity index (χ4n) is 1.03. The molecule has 0 spiro atoms. The standard InChI is InChI=1S/C9H13NO3/c1-13-8-4-2-7(3-5-8)9(11)6-10-12/h2-5,9-12H,6H2,1H3. The Balaban J connectivity index is 2.67. The molecule has 1 aromatic rings. The average molecular weight is 183 g/mol. The molecule has 3 N–H and O–H groups in total. The lowest BCUT2D eigenvalue weighted by molar-refractivity contribution is 0.0921. The summed E-state index contributed by atoms with van der Waals surface area (Å²) in [5, 5.41) is 17.8. The van der Waals surface area contributed by atoms with Crippen molar-refractivity contribution in [1.82, 2.24) is 5.48 Å². The van der Waals surface area contributed by atoms with E-state index in [-0.39, 0.29) is 6.54 Å². The molecule has 0 saturated heterocycles. The van der Waals surface area contributed by atoms with Gasteiger partial charge in [0.15, 0.2) is 0 Å². The SMILES string of the molecule is COc1ccc(C(O)CNO)cc1. The van der Waals surface area contributed by atoms with E-state index in [1.54, 1.807) is 31.4 Å². The molecular weight excluding hydrogens is 170 g/mol. The van der Waals surface area contributed by atoms with Gasteiger partial charge >= 0.3 is 0 Å². The number of hydroxylamine groups is 1. The van der Waals surface area contributed by atoms with Gasteiger partial charge in [-0.3, -0.25) is 0 Å². The van der Waals surface area contributed by atoms with Gasteiger partial charge in [0.1, 0.15) is 5.75 Å². The van der Waals surface area contributed by atoms with Gasteiger partial charge in [-0.05, 0) is 17.7 Å². The lowest BCUT2D eigenvalue weighted by Gasteiger charge is -2.09. The van der Waals surface area contributed by atoms with Crippen LogP contribution in [0.2, 0.25) is 0 Å². The quantitative estimate of drug-likeness (QED) is 0.601. The number of aliphatic hydroxyl groups is 1. The molecule has 0 aliphatic carbocycles. The Morgan fingerprint density at radius 1 is 1.38 bits per heavy atom. The third-order valence-electron chi connectivity index (χ3n) is 1.79. The Labute approximate surface area is 76.7 Å². The lowest BCUT2D eigenvalue weighted by Crippen LogP contribution is -2.17. The van der Waals surface area contributed by atoms with E-state index in [2.05, 4.69) is 0 Å². The van der Waals surface area contributed by atoms with Gasteiger partial charge in [-0.15, -0.1) is 0 Å². The van der Waals surface area contributed by atoms with Gasteiger partial charge in [0.25, 0.3) is 0 Å². The number of aliphatic hydroxyl groups excluding tert-OH is 1. The van der Waals surface area contributed by atoms with Crippen LogP contribution in [0.5, 0.6) is 5.75 Å². The normalized spacial score (nSPS) is 12.5. The van der Waals surface area contributed by atoms with E-state index in [1.807, 2.05) is 5.48 Å². The number of benzene rings is 1. The molecule has 0 heterocycles. The molecule has 0 saturated carbocycles. The molecule has 1 unspecified atom stereocenters. The van der Waals surface area contributed by atoms with Gasteiger partial charge in [0.2, 0.25) is 0 Å². The minimum absolute atomic E-state index is 0.117. The molecule has 0 radical (unpaired) electrons. The second kappa shape index (κ2) is 4.81. The molecule has 4 nitrogen and oxygen atoms in total. The van der Waals surface area contributed by atoms with Crippen molar-refractivity contribution in [2.24, 2.45) is 0 Å². The summed E-state index contributed by atoms with van der Waals surface area (Å²) in [4.78, 5) is 0. The number of hydrogen-bond donors (Lipinski definition) is 3. The second-order valence-electron chi connectivity index (χ2n) is 2.65. The van der Waals surface area contributed by atoms with Crippen LogP contribution >= 0.6 is 0 Å². The Bertz CT molecular complexity index is 248. The predicted octanol–water partition coefficient (Wildman–Crippen LogP) is 0.707. The molecule has 13 heavy (non-hydrogen) atoms. The largest absolute Gasteiger partial charge is 0.497 e. The summed E-state index contributed by atoms with van der Waals surface area (Å²) in [6.45, 7) is 0.117. The van der Waals surface area contributed by atoms with Crippen LogP contribution in [0.25, 0.3) is 0 Å². The highest BCUT2D eigenvalue weighted by Gasteiger charge is 2.05. The molecule has 1 aromatic carbocycles. The maximum Gasteiger partial charge on any atom is 0.118 e. The van der Waals surface area contributed by atoms with Crippen LogP contribution in [-0.4, -0.2) is 24.0 Å². The van der Waals surface area contributed by atoms with Crippen LogP contribution in [0.1, 0.15) is 11.7 Å². The highest BCUT2D eigenvalue weighted by atomic mass is 16.5. The van der Waals surface area contributed by atoms with Crippen molar-refractivity contribution in [1.29, 1.82) is 0 Å². The van der Waals surface area contributed by atoms with Crippen LogP contribution in [0.15, 0.2) is 24.3 Å². The maximum absolute atomic E-state index is 9.42. The van der Waals surface area contributed by atoms with Gasteiger partial charge in [-0.25, -0.2) is 5.48 Å². The third kappa shape index (κ3) is 2.69. The molecule has 0 aromatic heterocycles. The first-order valence-corrected chi connectivity index (χ1v) is 3.97. The summed E-state index contributed by atoms with van der Waals surface area (Å²) < 4.78 is 4.96. The highest BCUT2D eigenvalue weighted by Crippen LogP contribution is 2.16. The van der Waals surface area contributed by atoms with Crippen molar-refractivity contribution in [2.45, 2.75) is 6.10 Å². The fourth-order valence-corrected chi connectivity index (χ4v) is 1.03. The smallest absolute Gasteiger partial charge is 0.118 e. The van der Waals surface area contributed by atoms with E-state index in [0.29, 0.717) is 0 Å². The van der Waals surface area contributed by atoms with E-state index in [9.17, 15) is 5.11 Å². The average Bonchev–Trinajstić information content (AvgIpc) is 2.18. The number of hydrogen-bond acceptors (Lipinski definition) is 4. The van der Waals surface area contributed by atoms with Crippen LogP contribution in [-0.2, 0) is 0 Å². The molecule has 0 aliphatic heterocycles. The van der Waals surface area contributed by atoms with Crippen molar-refractivity contribution in [2.75, 3.05) is 13.7 Å². The zero-order valence-corrected chi connectivity index (χ0v) is 7.40. The first kappa shape index (κ1) is 9.98. The number of methoxy groups -OCH3 is 1. The van der Waals surface area contributed by atoms with Crippen LogP contribution in [0, 0.1) is 0 Å². The monoisotopic (exact) mass is 183 g/mol. The van der Waals surface area contributed by atoms with Crippen LogP contribution in [0.4, 0.5) is 0 Å². The minimum atomic E-state index is -0.698. The van der Waals surface area contributed by atoms with Crippen molar-refractivity contribution in [3.63, 3.8) is 0 Å². The zero-order chi connectivity index (χ0) is 9.68. The summed E-state index contributed by atoms with van der Waals surface area (Å²) in [6.07, 6.45) is -0.698. The molecule has 0 fully saturated rings. The van der Waals surface area contributed by atoms with Gasteiger partial charge in [-0.2, -0.15) is 0 Å². The van der Waals surface area contributed by atoms with Crippen molar-refractivity contribution >= 4 is 0 Å². The molecular formula is C9H13NO3. The summed E-state index contributed by atoms with van der Waals surface area (Å²) >= 11 is 0. The Morgan fingerprint density at radius 2 is 2.00 bits per heavy atom. The molecule has 72 valence electrons. The van der Waals surface area contributed by atoms with Crippen LogP contribution < -0.4 is 10.2 Å². The van der Waals surface area contributed by atoms with Gasteiger partial charge < -0.3 is 15.1 Å². The second-order valence-corrected chi connectivity index (χ2v) is 2.65. The Hall–Kier alpha value is -1.10. The van der Waals surface area contributed by atoms with E-state index < -0.39 is 6.10 Å². The van der Waals surface area contributed by atoms with Gasteiger partial charge in [0, 0.05) is 0 Å². The molecule has 1 atom stereocenters. The maximum atomic E-state index is 9.42. The first-order valence-electron chi connectivity index (χ1n) is 3.97. The minimum Gasteiger partial charge on any atom is -0.497 e. The van der Waals surface area contributed by atoms with Crippen molar-refractivity contribution < 1.29 is 15.1 Å². The molecule has 4 heteroatoms. The number of rotatable bonds is 4. The third-order valence-corrected chi connectivity index (χ3v) is 1.79. The van der Waals surface area contributed by atoms with E-state index in [1.165, 1.54) is 0 Å². The summed E-state index contributed by atoms with van der Waals surface area (Å²) in [5.74, 6) is 0.743. The lowest BCUT2D eigenvalue weighted by atomic mass is 10.1. The Morgan fingerprint density at radius 3 is 2.46 bits per heavy atom. The zero-order valence-electron chi connectivity index (χ0n) is 7.40. The summed E-state index contributed by atoms with van der Waals surface area (Å²) in [5.41, 5.74) is 2.65. The predicted molar refractivity (Wildman–Crippen MR) is 47.7 cm³/mol. The first-order chi connectivity index (χ1) is 6.27. The van der Waals surface area contributed by atoms with Crippen molar-refractivity contribution in [3.8, 4) is 5.75 Å². The molecule has 0 bridgehead atoms. The fraction of sp³-hybridized carbons (Fsp3) is 0.333. The van der Waals surface area contributed by atoms with E-state index in [4.69, 9.17) is 9.94 Å². The topological polar surface area (TPSA) is 61.7 Å². The molecule has 1 rings (SSSR count). The highest BCUT2D eigenvalue weighted by molar-refractivity contribution is 5.28. The van der Waals surface area contributed by atoms with E-state index >= 15 is 0 Å². The Kier molecular flexibility index (Phi) is 3.70. The van der Waals surface area contributed by atoms with E-state index in [0.717, 1.165) is 11.3 Å². The van der Waals surface area contributed by atoms with Crippen LogP contribution in [0.3, 0.4) is 0 Å². The van der Waals surface area contributed by atoms with Gasteiger partial charge in [-0.1, -0.05) is 12.1 Å².